The van der Waals surface area contributed by atoms with Crippen LogP contribution in [0.25, 0.3) is 0 Å². The second-order valence-electron chi connectivity index (χ2n) is 6.54. The Bertz CT molecular complexity index is 891. The van der Waals surface area contributed by atoms with Gasteiger partial charge in [-0.05, 0) is 67.0 Å². The number of halogens is 2. The van der Waals surface area contributed by atoms with Crippen LogP contribution in [0.3, 0.4) is 0 Å². The Morgan fingerprint density at radius 3 is 2.45 bits per heavy atom. The maximum Gasteiger partial charge on any atom is 0.269 e. The van der Waals surface area contributed by atoms with Crippen molar-refractivity contribution in [3.63, 3.8) is 0 Å². The standard InChI is InChI=1S/C20H21BrClN3O3S/c1-12(2)9-10-28-17-8-5-14(21)11-16(17)19(27)23-20(29)25-24-18(26)13-3-6-15(22)7-4-13/h3-8,11-12H,9-10H2,1-2H3,(H,24,26)(H2,23,25,27,29). The van der Waals surface area contributed by atoms with E-state index in [1.165, 1.54) is 0 Å². The third-order valence-corrected chi connectivity index (χ3v) is 4.71. The van der Waals surface area contributed by atoms with Gasteiger partial charge in [-0.1, -0.05) is 41.4 Å². The summed E-state index contributed by atoms with van der Waals surface area (Å²) in [6, 6.07) is 11.5. The summed E-state index contributed by atoms with van der Waals surface area (Å²) in [5.41, 5.74) is 5.64. The van der Waals surface area contributed by atoms with E-state index in [-0.39, 0.29) is 5.11 Å². The van der Waals surface area contributed by atoms with Gasteiger partial charge in [0, 0.05) is 15.1 Å². The van der Waals surface area contributed by atoms with Gasteiger partial charge in [0.05, 0.1) is 12.2 Å². The molecule has 0 aliphatic carbocycles. The number of hydrogen-bond acceptors (Lipinski definition) is 4. The Labute approximate surface area is 188 Å². The maximum absolute atomic E-state index is 12.6. The lowest BCUT2D eigenvalue weighted by molar-refractivity contribution is 0.0933. The number of carbonyl (C=O) groups is 2. The van der Waals surface area contributed by atoms with Gasteiger partial charge in [-0.15, -0.1) is 0 Å². The van der Waals surface area contributed by atoms with Crippen molar-refractivity contribution >= 4 is 56.7 Å². The number of hydrazine groups is 1. The van der Waals surface area contributed by atoms with Crippen molar-refractivity contribution in [2.75, 3.05) is 6.61 Å². The topological polar surface area (TPSA) is 79.5 Å². The van der Waals surface area contributed by atoms with Crippen molar-refractivity contribution in [3.05, 3.63) is 63.1 Å². The van der Waals surface area contributed by atoms with E-state index in [1.54, 1.807) is 42.5 Å². The smallest absolute Gasteiger partial charge is 0.269 e. The third-order valence-electron chi connectivity index (χ3n) is 3.76. The van der Waals surface area contributed by atoms with Crippen LogP contribution in [-0.2, 0) is 0 Å². The molecule has 0 aliphatic heterocycles. The molecule has 29 heavy (non-hydrogen) atoms. The number of thiocarbonyl (C=S) groups is 1. The summed E-state index contributed by atoms with van der Waals surface area (Å²) in [5.74, 6) is 0.0746. The maximum atomic E-state index is 12.6. The quantitative estimate of drug-likeness (QED) is 0.404. The molecule has 2 amide bonds. The highest BCUT2D eigenvalue weighted by Crippen LogP contribution is 2.23. The predicted octanol–water partition coefficient (Wildman–Crippen LogP) is 4.48. The second-order valence-corrected chi connectivity index (χ2v) is 8.30. The minimum Gasteiger partial charge on any atom is -0.493 e. The van der Waals surface area contributed by atoms with E-state index < -0.39 is 11.8 Å². The molecule has 0 aliphatic rings. The molecule has 2 aromatic rings. The lowest BCUT2D eigenvalue weighted by Crippen LogP contribution is -2.48. The summed E-state index contributed by atoms with van der Waals surface area (Å²) >= 11 is 14.2. The minimum atomic E-state index is -0.455. The molecular formula is C20H21BrClN3O3S. The van der Waals surface area contributed by atoms with Crippen molar-refractivity contribution in [1.29, 1.82) is 0 Å². The van der Waals surface area contributed by atoms with Crippen molar-refractivity contribution in [1.82, 2.24) is 16.2 Å². The molecule has 0 saturated carbocycles. The molecule has 0 atom stereocenters. The molecule has 0 aromatic heterocycles. The zero-order chi connectivity index (χ0) is 21.4. The molecule has 0 spiro atoms. The summed E-state index contributed by atoms with van der Waals surface area (Å²) < 4.78 is 6.48. The first kappa shape index (κ1) is 23.1. The van der Waals surface area contributed by atoms with Crippen LogP contribution in [0, 0.1) is 5.92 Å². The first-order valence-electron chi connectivity index (χ1n) is 8.86. The first-order chi connectivity index (χ1) is 13.8. The highest BCUT2D eigenvalue weighted by atomic mass is 79.9. The summed E-state index contributed by atoms with van der Waals surface area (Å²) in [5, 5.41) is 3.00. The molecule has 0 saturated heterocycles. The Balaban J connectivity index is 1.94. The Hall–Kier alpha value is -2.16. The van der Waals surface area contributed by atoms with Crippen LogP contribution in [0.1, 0.15) is 41.0 Å². The van der Waals surface area contributed by atoms with Gasteiger partial charge in [0.25, 0.3) is 11.8 Å². The monoisotopic (exact) mass is 497 g/mol. The first-order valence-corrected chi connectivity index (χ1v) is 10.4. The van der Waals surface area contributed by atoms with Crippen LogP contribution in [0.15, 0.2) is 46.9 Å². The van der Waals surface area contributed by atoms with Crippen LogP contribution >= 0.6 is 39.7 Å². The summed E-state index contributed by atoms with van der Waals surface area (Å²) in [6.45, 7) is 4.70. The number of benzene rings is 2. The molecule has 2 rings (SSSR count). The van der Waals surface area contributed by atoms with Crippen molar-refractivity contribution < 1.29 is 14.3 Å². The number of ether oxygens (including phenoxy) is 1. The third kappa shape index (κ3) is 7.64. The normalized spacial score (nSPS) is 10.4. The van der Waals surface area contributed by atoms with Crippen LogP contribution in [0.4, 0.5) is 0 Å². The number of rotatable bonds is 6. The number of nitrogens with one attached hydrogen (secondary N) is 3. The molecule has 0 bridgehead atoms. The van der Waals surface area contributed by atoms with Gasteiger partial charge in [-0.25, -0.2) is 0 Å². The molecule has 3 N–H and O–H groups in total. The molecule has 9 heteroatoms. The van der Waals surface area contributed by atoms with Crippen LogP contribution in [0.2, 0.25) is 5.02 Å². The largest absolute Gasteiger partial charge is 0.493 e. The molecular weight excluding hydrogens is 478 g/mol. The van der Waals surface area contributed by atoms with E-state index in [4.69, 9.17) is 28.6 Å². The van der Waals surface area contributed by atoms with E-state index in [0.717, 1.165) is 10.9 Å². The van der Waals surface area contributed by atoms with Crippen LogP contribution in [-0.4, -0.2) is 23.5 Å². The van der Waals surface area contributed by atoms with E-state index in [9.17, 15) is 9.59 Å². The molecule has 0 heterocycles. The molecule has 6 nitrogen and oxygen atoms in total. The Kier molecular flexibility index (Phi) is 8.88. The molecule has 0 fully saturated rings. The van der Waals surface area contributed by atoms with Gasteiger partial charge in [-0.2, -0.15) is 0 Å². The number of hydrogen-bond donors (Lipinski definition) is 3. The fourth-order valence-electron chi connectivity index (χ4n) is 2.20. The Morgan fingerprint density at radius 2 is 1.79 bits per heavy atom. The fourth-order valence-corrected chi connectivity index (χ4v) is 2.83. The zero-order valence-corrected chi connectivity index (χ0v) is 19.1. The van der Waals surface area contributed by atoms with E-state index in [0.29, 0.717) is 34.4 Å². The van der Waals surface area contributed by atoms with Gasteiger partial charge in [0.2, 0.25) is 0 Å². The van der Waals surface area contributed by atoms with E-state index >= 15 is 0 Å². The van der Waals surface area contributed by atoms with E-state index in [1.807, 2.05) is 0 Å². The van der Waals surface area contributed by atoms with Crippen LogP contribution in [0.5, 0.6) is 5.75 Å². The van der Waals surface area contributed by atoms with Crippen LogP contribution < -0.4 is 20.9 Å². The van der Waals surface area contributed by atoms with Gasteiger partial charge in [0.15, 0.2) is 5.11 Å². The summed E-state index contributed by atoms with van der Waals surface area (Å²) in [6.07, 6.45) is 0.869. The SMILES string of the molecule is CC(C)CCOc1ccc(Br)cc1C(=O)NC(=S)NNC(=O)c1ccc(Cl)cc1. The highest BCUT2D eigenvalue weighted by Gasteiger charge is 2.15. The van der Waals surface area contributed by atoms with E-state index in [2.05, 4.69) is 45.9 Å². The lowest BCUT2D eigenvalue weighted by atomic mass is 10.1. The van der Waals surface area contributed by atoms with Gasteiger partial charge in [-0.3, -0.25) is 25.8 Å². The lowest BCUT2D eigenvalue weighted by Gasteiger charge is -2.14. The predicted molar refractivity (Wildman–Crippen MR) is 121 cm³/mol. The second kappa shape index (κ2) is 11.1. The van der Waals surface area contributed by atoms with Crippen molar-refractivity contribution in [2.24, 2.45) is 5.92 Å². The Morgan fingerprint density at radius 1 is 1.10 bits per heavy atom. The van der Waals surface area contributed by atoms with Gasteiger partial charge >= 0.3 is 0 Å². The average Bonchev–Trinajstić information content (AvgIpc) is 2.67. The average molecular weight is 499 g/mol. The number of carbonyl (C=O) groups excluding carboxylic acids is 2. The molecule has 154 valence electrons. The van der Waals surface area contributed by atoms with Crippen molar-refractivity contribution in [2.45, 2.75) is 20.3 Å². The molecule has 0 unspecified atom stereocenters. The molecule has 2 aromatic carbocycles. The van der Waals surface area contributed by atoms with Crippen molar-refractivity contribution in [3.8, 4) is 5.75 Å². The van der Waals surface area contributed by atoms with Gasteiger partial charge < -0.3 is 4.74 Å². The summed E-state index contributed by atoms with van der Waals surface area (Å²) in [7, 11) is 0. The number of amides is 2. The van der Waals surface area contributed by atoms with Gasteiger partial charge in [0.1, 0.15) is 5.75 Å². The highest BCUT2D eigenvalue weighted by molar-refractivity contribution is 9.10. The molecule has 0 radical (unpaired) electrons. The fraction of sp³-hybridized carbons (Fsp3) is 0.250. The summed E-state index contributed by atoms with van der Waals surface area (Å²) in [4.78, 5) is 24.7. The minimum absolute atomic E-state index is 0.0505. The zero-order valence-electron chi connectivity index (χ0n) is 15.9.